The molecule has 28 heavy (non-hydrogen) atoms. The van der Waals surface area contributed by atoms with Crippen molar-refractivity contribution >= 4 is 22.8 Å². The number of aromatic nitrogens is 3. The van der Waals surface area contributed by atoms with Crippen molar-refractivity contribution in [2.75, 3.05) is 18.4 Å². The summed E-state index contributed by atoms with van der Waals surface area (Å²) in [6.45, 7) is 7.37. The lowest BCUT2D eigenvalue weighted by atomic mass is 10.1. The van der Waals surface area contributed by atoms with Crippen molar-refractivity contribution in [1.82, 2.24) is 20.0 Å². The Bertz CT molecular complexity index is 990. The molecule has 1 atom stereocenters. The highest BCUT2D eigenvalue weighted by molar-refractivity contribution is 5.95. The molecule has 7 nitrogen and oxygen atoms in total. The van der Waals surface area contributed by atoms with E-state index >= 15 is 0 Å². The van der Waals surface area contributed by atoms with E-state index in [4.69, 9.17) is 4.52 Å². The van der Waals surface area contributed by atoms with Crippen molar-refractivity contribution in [2.24, 2.45) is 0 Å². The van der Waals surface area contributed by atoms with Crippen LogP contribution in [0.4, 0.5) is 5.82 Å². The lowest BCUT2D eigenvalue weighted by molar-refractivity contribution is -0.132. The summed E-state index contributed by atoms with van der Waals surface area (Å²) in [5.41, 5.74) is 3.91. The van der Waals surface area contributed by atoms with Crippen molar-refractivity contribution in [3.8, 4) is 11.3 Å². The lowest BCUT2D eigenvalue weighted by Crippen LogP contribution is -2.44. The monoisotopic (exact) mass is 379 g/mol. The molecule has 1 fully saturated rings. The molecule has 1 N–H and O–H groups in total. The van der Waals surface area contributed by atoms with E-state index in [9.17, 15) is 4.79 Å². The molecule has 146 valence electrons. The van der Waals surface area contributed by atoms with E-state index in [2.05, 4.69) is 20.4 Å². The fraction of sp³-hybridized carbons (Fsp3) is 0.429. The van der Waals surface area contributed by atoms with Gasteiger partial charge in [0.05, 0.1) is 0 Å². The third-order valence-corrected chi connectivity index (χ3v) is 5.15. The second kappa shape index (κ2) is 7.58. The van der Waals surface area contributed by atoms with Gasteiger partial charge in [0.2, 0.25) is 11.5 Å². The molecule has 3 heterocycles. The molecule has 1 saturated heterocycles. The Morgan fingerprint density at radius 2 is 1.82 bits per heavy atom. The van der Waals surface area contributed by atoms with Crippen molar-refractivity contribution in [3.63, 3.8) is 0 Å². The topological polar surface area (TPSA) is 84.2 Å². The van der Waals surface area contributed by atoms with Crippen LogP contribution in [0.1, 0.15) is 37.6 Å². The maximum Gasteiger partial charge on any atom is 0.244 e. The SMILES string of the molecule is Cc1ccc(-c2noc3c(N[C@@H](C)C(=O)N4CCCCC4)nc(C)nc23)cc1. The Morgan fingerprint density at radius 3 is 2.54 bits per heavy atom. The minimum absolute atomic E-state index is 0.0855. The molecule has 4 rings (SSSR count). The largest absolute Gasteiger partial charge is 0.355 e. The van der Waals surface area contributed by atoms with E-state index in [1.54, 1.807) is 0 Å². The smallest absolute Gasteiger partial charge is 0.244 e. The van der Waals surface area contributed by atoms with Gasteiger partial charge in [-0.2, -0.15) is 0 Å². The number of rotatable bonds is 4. The Balaban J connectivity index is 1.64. The zero-order chi connectivity index (χ0) is 19.7. The Kier molecular flexibility index (Phi) is 4.98. The van der Waals surface area contributed by atoms with Gasteiger partial charge in [-0.15, -0.1) is 0 Å². The zero-order valence-corrected chi connectivity index (χ0v) is 16.5. The maximum absolute atomic E-state index is 12.8. The average Bonchev–Trinajstić information content (AvgIpc) is 3.12. The number of hydrogen-bond donors (Lipinski definition) is 1. The van der Waals surface area contributed by atoms with E-state index in [0.29, 0.717) is 28.4 Å². The van der Waals surface area contributed by atoms with E-state index in [0.717, 1.165) is 31.5 Å². The lowest BCUT2D eigenvalue weighted by Gasteiger charge is -2.29. The van der Waals surface area contributed by atoms with Gasteiger partial charge in [0.15, 0.2) is 5.82 Å². The van der Waals surface area contributed by atoms with Crippen LogP contribution in [0.25, 0.3) is 22.4 Å². The molecule has 7 heteroatoms. The quantitative estimate of drug-likeness (QED) is 0.744. The Labute approximate surface area is 164 Å². The molecule has 2 aromatic heterocycles. The van der Waals surface area contributed by atoms with Gasteiger partial charge in [0.1, 0.15) is 23.1 Å². The summed E-state index contributed by atoms with van der Waals surface area (Å²) < 4.78 is 5.58. The number of benzene rings is 1. The van der Waals surface area contributed by atoms with Gasteiger partial charge in [-0.1, -0.05) is 35.0 Å². The highest BCUT2D eigenvalue weighted by Crippen LogP contribution is 2.30. The van der Waals surface area contributed by atoms with E-state index in [1.807, 2.05) is 49.9 Å². The summed E-state index contributed by atoms with van der Waals surface area (Å²) in [7, 11) is 0. The van der Waals surface area contributed by atoms with Crippen LogP contribution in [0, 0.1) is 13.8 Å². The van der Waals surface area contributed by atoms with Crippen molar-refractivity contribution < 1.29 is 9.32 Å². The second-order valence-corrected chi connectivity index (χ2v) is 7.45. The number of anilines is 1. The third kappa shape index (κ3) is 3.56. The van der Waals surface area contributed by atoms with Gasteiger partial charge >= 0.3 is 0 Å². The van der Waals surface area contributed by atoms with Crippen molar-refractivity contribution in [1.29, 1.82) is 0 Å². The molecule has 0 radical (unpaired) electrons. The average molecular weight is 379 g/mol. The third-order valence-electron chi connectivity index (χ3n) is 5.15. The minimum atomic E-state index is -0.400. The zero-order valence-electron chi connectivity index (χ0n) is 16.5. The number of piperidine rings is 1. The summed E-state index contributed by atoms with van der Waals surface area (Å²) in [6.07, 6.45) is 3.33. The van der Waals surface area contributed by atoms with Crippen LogP contribution < -0.4 is 5.32 Å². The molecule has 3 aromatic rings. The van der Waals surface area contributed by atoms with Gasteiger partial charge < -0.3 is 14.7 Å². The van der Waals surface area contributed by atoms with Gasteiger partial charge in [0, 0.05) is 18.7 Å². The normalized spacial score (nSPS) is 15.6. The van der Waals surface area contributed by atoms with Crippen LogP contribution in [0.15, 0.2) is 28.8 Å². The van der Waals surface area contributed by atoms with Crippen LogP contribution in [0.3, 0.4) is 0 Å². The molecule has 1 aromatic carbocycles. The van der Waals surface area contributed by atoms with E-state index in [-0.39, 0.29) is 5.91 Å². The number of carbonyl (C=O) groups excluding carboxylic acids is 1. The van der Waals surface area contributed by atoms with Crippen molar-refractivity contribution in [2.45, 2.75) is 46.1 Å². The molecule has 1 amide bonds. The number of nitrogens with zero attached hydrogens (tertiary/aromatic N) is 4. The van der Waals surface area contributed by atoms with Gasteiger partial charge in [-0.05, 0) is 40.0 Å². The number of nitrogens with one attached hydrogen (secondary N) is 1. The molecule has 0 spiro atoms. The van der Waals surface area contributed by atoms with Gasteiger partial charge in [-0.25, -0.2) is 9.97 Å². The molecule has 0 unspecified atom stereocenters. The first kappa shape index (κ1) is 18.4. The number of hydrogen-bond acceptors (Lipinski definition) is 6. The molecule has 0 saturated carbocycles. The molecule has 1 aliphatic heterocycles. The number of amides is 1. The van der Waals surface area contributed by atoms with Gasteiger partial charge in [0.25, 0.3) is 0 Å². The Hall–Kier alpha value is -2.96. The van der Waals surface area contributed by atoms with Crippen LogP contribution >= 0.6 is 0 Å². The number of carbonyl (C=O) groups is 1. The van der Waals surface area contributed by atoms with Crippen LogP contribution in [-0.2, 0) is 4.79 Å². The first-order chi connectivity index (χ1) is 13.5. The van der Waals surface area contributed by atoms with Crippen LogP contribution in [-0.4, -0.2) is 45.1 Å². The summed E-state index contributed by atoms with van der Waals surface area (Å²) in [6, 6.07) is 7.66. The maximum atomic E-state index is 12.8. The standard InChI is InChI=1S/C21H25N5O2/c1-13-7-9-16(10-8-13)17-18-19(28-25-17)20(24-15(3)23-18)22-14(2)21(27)26-11-5-4-6-12-26/h7-10,14H,4-6,11-12H2,1-3H3,(H,22,23,24)/t14-/m0/s1. The van der Waals surface area contributed by atoms with Crippen LogP contribution in [0.5, 0.6) is 0 Å². The molecular formula is C21H25N5O2. The summed E-state index contributed by atoms with van der Waals surface area (Å²) in [5.74, 6) is 1.19. The summed E-state index contributed by atoms with van der Waals surface area (Å²) >= 11 is 0. The number of likely N-dealkylation sites (tertiary alicyclic amines) is 1. The van der Waals surface area contributed by atoms with Crippen LogP contribution in [0.2, 0.25) is 0 Å². The second-order valence-electron chi connectivity index (χ2n) is 7.45. The molecule has 1 aliphatic rings. The summed E-state index contributed by atoms with van der Waals surface area (Å²) in [5, 5.41) is 7.45. The molecular weight excluding hydrogens is 354 g/mol. The first-order valence-electron chi connectivity index (χ1n) is 9.79. The highest BCUT2D eigenvalue weighted by Gasteiger charge is 2.25. The molecule has 0 aliphatic carbocycles. The van der Waals surface area contributed by atoms with Gasteiger partial charge in [-0.3, -0.25) is 4.79 Å². The fourth-order valence-electron chi connectivity index (χ4n) is 3.60. The minimum Gasteiger partial charge on any atom is -0.355 e. The predicted octanol–water partition coefficient (Wildman–Crippen LogP) is 3.71. The fourth-order valence-corrected chi connectivity index (χ4v) is 3.60. The first-order valence-corrected chi connectivity index (χ1v) is 9.79. The van der Waals surface area contributed by atoms with E-state index in [1.165, 1.54) is 12.0 Å². The highest BCUT2D eigenvalue weighted by atomic mass is 16.5. The molecule has 0 bridgehead atoms. The number of fused-ring (bicyclic) bond motifs is 1. The predicted molar refractivity (Wildman–Crippen MR) is 108 cm³/mol. The van der Waals surface area contributed by atoms with E-state index < -0.39 is 6.04 Å². The number of aryl methyl sites for hydroxylation is 2. The Morgan fingerprint density at radius 1 is 1.11 bits per heavy atom. The summed E-state index contributed by atoms with van der Waals surface area (Å²) in [4.78, 5) is 23.7. The van der Waals surface area contributed by atoms with Crippen molar-refractivity contribution in [3.05, 3.63) is 35.7 Å².